The first kappa shape index (κ1) is 20.4. The molecule has 0 aliphatic carbocycles. The number of anilines is 1. The highest BCUT2D eigenvalue weighted by atomic mass is 32.2. The lowest BCUT2D eigenvalue weighted by Crippen LogP contribution is -2.45. The second-order valence-corrected chi connectivity index (χ2v) is 9.37. The monoisotopic (exact) mass is 433 g/mol. The molecule has 1 unspecified atom stereocenters. The highest BCUT2D eigenvalue weighted by molar-refractivity contribution is 7.89. The van der Waals surface area contributed by atoms with Crippen LogP contribution in [-0.2, 0) is 26.2 Å². The van der Waals surface area contributed by atoms with Crippen LogP contribution in [0.1, 0.15) is 24.4 Å². The highest BCUT2D eigenvalue weighted by Gasteiger charge is 2.34. The van der Waals surface area contributed by atoms with Crippen molar-refractivity contribution in [1.82, 2.24) is 9.62 Å². The molecule has 2 aliphatic rings. The molecule has 1 aromatic heterocycles. The van der Waals surface area contributed by atoms with E-state index in [-0.39, 0.29) is 36.4 Å². The van der Waals surface area contributed by atoms with E-state index in [2.05, 4.69) is 10.6 Å². The number of carbonyl (C=O) groups is 2. The third kappa shape index (κ3) is 4.19. The minimum absolute atomic E-state index is 0.0548. The van der Waals surface area contributed by atoms with Crippen LogP contribution in [0.15, 0.2) is 39.6 Å². The number of rotatable bonds is 5. The van der Waals surface area contributed by atoms with Gasteiger partial charge in [-0.1, -0.05) is 0 Å². The summed E-state index contributed by atoms with van der Waals surface area (Å²) in [6.45, 7) is 2.43. The molecular formula is C20H23N3O6S. The van der Waals surface area contributed by atoms with Crippen molar-refractivity contribution in [2.24, 2.45) is 5.92 Å². The van der Waals surface area contributed by atoms with Gasteiger partial charge in [0.05, 0.1) is 23.0 Å². The van der Waals surface area contributed by atoms with Gasteiger partial charge in [0.1, 0.15) is 17.3 Å². The van der Waals surface area contributed by atoms with E-state index in [1.54, 1.807) is 6.07 Å². The number of benzene rings is 1. The van der Waals surface area contributed by atoms with E-state index in [0.717, 1.165) is 5.76 Å². The maximum atomic E-state index is 13.1. The number of carbonyl (C=O) groups excluding carboxylic acids is 2. The van der Waals surface area contributed by atoms with Crippen molar-refractivity contribution >= 4 is 27.5 Å². The number of nitrogens with zero attached hydrogens (tertiary/aromatic N) is 1. The van der Waals surface area contributed by atoms with Gasteiger partial charge in [0, 0.05) is 13.1 Å². The van der Waals surface area contributed by atoms with Crippen molar-refractivity contribution in [3.05, 3.63) is 41.9 Å². The van der Waals surface area contributed by atoms with E-state index in [1.807, 2.05) is 13.0 Å². The Balaban J connectivity index is 1.45. The summed E-state index contributed by atoms with van der Waals surface area (Å²) in [6.07, 6.45) is 1.20. The first-order chi connectivity index (χ1) is 14.3. The Hall–Kier alpha value is -2.85. The number of furan rings is 1. The SMILES string of the molecule is Cc1ccc(CNC(=O)C2CCCN(S(=O)(=O)c3ccc4c(c3)NC(=O)CO4)C2)o1. The number of piperidine rings is 1. The number of hydrogen-bond acceptors (Lipinski definition) is 6. The molecule has 0 bridgehead atoms. The summed E-state index contributed by atoms with van der Waals surface area (Å²) in [5, 5.41) is 5.44. The number of ether oxygens (including phenoxy) is 1. The van der Waals surface area contributed by atoms with E-state index in [0.29, 0.717) is 36.6 Å². The standard InChI is InChI=1S/C20H23N3O6S/c1-13-4-5-15(29-13)10-21-20(25)14-3-2-8-23(11-14)30(26,27)16-6-7-18-17(9-16)22-19(24)12-28-18/h4-7,9,14H,2-3,8,10-12H2,1H3,(H,21,25)(H,22,24). The van der Waals surface area contributed by atoms with Gasteiger partial charge in [0.15, 0.2) is 6.61 Å². The Morgan fingerprint density at radius 3 is 2.90 bits per heavy atom. The number of amides is 2. The number of fused-ring (bicyclic) bond motifs is 1. The molecule has 9 nitrogen and oxygen atoms in total. The number of hydrogen-bond donors (Lipinski definition) is 2. The normalized spacial score (nSPS) is 19.5. The fourth-order valence-corrected chi connectivity index (χ4v) is 5.20. The summed E-state index contributed by atoms with van der Waals surface area (Å²) in [6, 6.07) is 7.99. The molecule has 0 spiro atoms. The first-order valence-electron chi connectivity index (χ1n) is 9.73. The molecule has 0 saturated carbocycles. The van der Waals surface area contributed by atoms with Crippen LogP contribution in [0.25, 0.3) is 0 Å². The minimum Gasteiger partial charge on any atom is -0.482 e. The third-order valence-electron chi connectivity index (χ3n) is 5.21. The summed E-state index contributed by atoms with van der Waals surface area (Å²) in [5.74, 6) is 0.872. The van der Waals surface area contributed by atoms with E-state index in [9.17, 15) is 18.0 Å². The van der Waals surface area contributed by atoms with Gasteiger partial charge in [0.25, 0.3) is 5.91 Å². The molecular weight excluding hydrogens is 410 g/mol. The molecule has 2 aliphatic heterocycles. The van der Waals surface area contributed by atoms with Crippen molar-refractivity contribution in [2.45, 2.75) is 31.2 Å². The lowest BCUT2D eigenvalue weighted by atomic mass is 9.99. The lowest BCUT2D eigenvalue weighted by Gasteiger charge is -2.31. The third-order valence-corrected chi connectivity index (χ3v) is 7.07. The van der Waals surface area contributed by atoms with Gasteiger partial charge in [-0.2, -0.15) is 4.31 Å². The molecule has 2 aromatic rings. The average molecular weight is 433 g/mol. The molecule has 30 heavy (non-hydrogen) atoms. The Morgan fingerprint density at radius 2 is 2.13 bits per heavy atom. The lowest BCUT2D eigenvalue weighted by molar-refractivity contribution is -0.126. The summed E-state index contributed by atoms with van der Waals surface area (Å²) in [5.41, 5.74) is 0.326. The van der Waals surface area contributed by atoms with Gasteiger partial charge in [-0.15, -0.1) is 0 Å². The van der Waals surface area contributed by atoms with Gasteiger partial charge >= 0.3 is 0 Å². The fourth-order valence-electron chi connectivity index (χ4n) is 3.65. The molecule has 4 rings (SSSR count). The summed E-state index contributed by atoms with van der Waals surface area (Å²) >= 11 is 0. The maximum Gasteiger partial charge on any atom is 0.262 e. The minimum atomic E-state index is -3.82. The second kappa shape index (κ2) is 8.11. The molecule has 10 heteroatoms. The van der Waals surface area contributed by atoms with Gasteiger partial charge in [-0.25, -0.2) is 8.42 Å². The van der Waals surface area contributed by atoms with Gasteiger partial charge in [-0.3, -0.25) is 9.59 Å². The van der Waals surface area contributed by atoms with Crippen molar-refractivity contribution < 1.29 is 27.2 Å². The zero-order chi connectivity index (χ0) is 21.3. The van der Waals surface area contributed by atoms with Gasteiger partial charge in [-0.05, 0) is 50.1 Å². The molecule has 2 N–H and O–H groups in total. The van der Waals surface area contributed by atoms with E-state index in [4.69, 9.17) is 9.15 Å². The number of nitrogens with one attached hydrogen (secondary N) is 2. The largest absolute Gasteiger partial charge is 0.482 e. The van der Waals surface area contributed by atoms with Crippen LogP contribution in [0.5, 0.6) is 5.75 Å². The van der Waals surface area contributed by atoms with E-state index in [1.165, 1.54) is 22.5 Å². The van der Waals surface area contributed by atoms with Crippen LogP contribution >= 0.6 is 0 Å². The molecule has 0 radical (unpaired) electrons. The average Bonchev–Trinajstić information content (AvgIpc) is 3.16. The quantitative estimate of drug-likeness (QED) is 0.740. The Kier molecular flexibility index (Phi) is 5.52. The molecule has 1 atom stereocenters. The summed E-state index contributed by atoms with van der Waals surface area (Å²) in [7, 11) is -3.82. The van der Waals surface area contributed by atoms with Crippen molar-refractivity contribution in [2.75, 3.05) is 25.0 Å². The van der Waals surface area contributed by atoms with Crippen LogP contribution < -0.4 is 15.4 Å². The maximum absolute atomic E-state index is 13.1. The Bertz CT molecular complexity index is 1080. The van der Waals surface area contributed by atoms with Crippen molar-refractivity contribution in [3.63, 3.8) is 0 Å². The molecule has 1 fully saturated rings. The summed E-state index contributed by atoms with van der Waals surface area (Å²) < 4.78 is 38.3. The first-order valence-corrected chi connectivity index (χ1v) is 11.2. The van der Waals surface area contributed by atoms with Crippen LogP contribution in [0.3, 0.4) is 0 Å². The molecule has 1 aromatic carbocycles. The van der Waals surface area contributed by atoms with E-state index < -0.39 is 15.9 Å². The Morgan fingerprint density at radius 1 is 1.30 bits per heavy atom. The molecule has 160 valence electrons. The molecule has 3 heterocycles. The second-order valence-electron chi connectivity index (χ2n) is 7.43. The summed E-state index contributed by atoms with van der Waals surface area (Å²) in [4.78, 5) is 24.2. The van der Waals surface area contributed by atoms with Crippen molar-refractivity contribution in [1.29, 1.82) is 0 Å². The van der Waals surface area contributed by atoms with Crippen molar-refractivity contribution in [3.8, 4) is 5.75 Å². The molecule has 1 saturated heterocycles. The van der Waals surface area contributed by atoms with Crippen LogP contribution in [0.4, 0.5) is 5.69 Å². The van der Waals surface area contributed by atoms with E-state index >= 15 is 0 Å². The van der Waals surface area contributed by atoms with Crippen LogP contribution in [0.2, 0.25) is 0 Å². The molecule has 2 amide bonds. The number of sulfonamides is 1. The van der Waals surface area contributed by atoms with Crippen LogP contribution in [-0.4, -0.2) is 44.2 Å². The predicted molar refractivity (Wildman–Crippen MR) is 107 cm³/mol. The number of aryl methyl sites for hydroxylation is 1. The zero-order valence-corrected chi connectivity index (χ0v) is 17.3. The Labute approximate surface area is 174 Å². The zero-order valence-electron chi connectivity index (χ0n) is 16.5. The fraction of sp³-hybridized carbons (Fsp3) is 0.400. The smallest absolute Gasteiger partial charge is 0.262 e. The van der Waals surface area contributed by atoms with Gasteiger partial charge < -0.3 is 19.8 Å². The topological polar surface area (TPSA) is 118 Å². The van der Waals surface area contributed by atoms with Crippen LogP contribution in [0, 0.1) is 12.8 Å². The predicted octanol–water partition coefficient (Wildman–Crippen LogP) is 1.64. The highest BCUT2D eigenvalue weighted by Crippen LogP contribution is 2.32. The van der Waals surface area contributed by atoms with Gasteiger partial charge in [0.2, 0.25) is 15.9 Å².